The Morgan fingerprint density at radius 1 is 1.29 bits per heavy atom. The summed E-state index contributed by atoms with van der Waals surface area (Å²) in [5.74, 6) is 0.0415. The summed E-state index contributed by atoms with van der Waals surface area (Å²) in [6, 6.07) is 6.38. The van der Waals surface area contributed by atoms with Crippen LogP contribution in [0, 0.1) is 19.7 Å². The summed E-state index contributed by atoms with van der Waals surface area (Å²) in [6.07, 6.45) is -0.0333. The zero-order chi connectivity index (χ0) is 17.3. The molecular weight excluding hydrogens is 329 g/mol. The molecule has 2 aromatic heterocycles. The number of halogens is 1. The highest BCUT2D eigenvalue weighted by Crippen LogP contribution is 2.34. The third-order valence-corrected chi connectivity index (χ3v) is 4.83. The molecular formula is C17H16FN3O2S. The number of anilines is 2. The van der Waals surface area contributed by atoms with Gasteiger partial charge in [-0.1, -0.05) is 12.1 Å². The van der Waals surface area contributed by atoms with Gasteiger partial charge in [0, 0.05) is 4.88 Å². The Balaban J connectivity index is 2.12. The third kappa shape index (κ3) is 3.07. The number of hydrogen-bond acceptors (Lipinski definition) is 6. The fourth-order valence-corrected chi connectivity index (χ4v) is 3.40. The summed E-state index contributed by atoms with van der Waals surface area (Å²) < 4.78 is 18.6. The molecule has 24 heavy (non-hydrogen) atoms. The second kappa shape index (κ2) is 6.52. The van der Waals surface area contributed by atoms with Crippen LogP contribution in [-0.4, -0.2) is 23.0 Å². The molecule has 1 N–H and O–H groups in total. The van der Waals surface area contributed by atoms with Crippen molar-refractivity contribution in [2.24, 2.45) is 0 Å². The van der Waals surface area contributed by atoms with Crippen LogP contribution in [0.15, 0.2) is 24.3 Å². The summed E-state index contributed by atoms with van der Waals surface area (Å²) in [5, 5.41) is 3.87. The average Bonchev–Trinajstić information content (AvgIpc) is 2.84. The molecule has 2 heterocycles. The molecule has 0 fully saturated rings. The second-order valence-electron chi connectivity index (χ2n) is 5.31. The number of esters is 1. The molecule has 124 valence electrons. The Kier molecular flexibility index (Phi) is 4.44. The number of nitrogens with one attached hydrogen (secondary N) is 1. The molecule has 0 radical (unpaired) electrons. The second-order valence-corrected chi connectivity index (χ2v) is 6.51. The Morgan fingerprint density at radius 3 is 2.75 bits per heavy atom. The van der Waals surface area contributed by atoms with Gasteiger partial charge < -0.3 is 10.1 Å². The van der Waals surface area contributed by atoms with E-state index in [0.717, 1.165) is 20.7 Å². The van der Waals surface area contributed by atoms with Crippen LogP contribution in [-0.2, 0) is 16.0 Å². The van der Waals surface area contributed by atoms with E-state index in [1.807, 2.05) is 13.8 Å². The Bertz CT molecular complexity index is 924. The zero-order valence-electron chi connectivity index (χ0n) is 13.5. The number of nitrogens with zero attached hydrogens (tertiary/aromatic N) is 2. The number of rotatable bonds is 4. The minimum atomic E-state index is -0.420. The van der Waals surface area contributed by atoms with E-state index in [-0.39, 0.29) is 12.2 Å². The first-order chi connectivity index (χ1) is 11.5. The number of fused-ring (bicyclic) bond motifs is 1. The van der Waals surface area contributed by atoms with Gasteiger partial charge in [0.05, 0.1) is 18.2 Å². The van der Waals surface area contributed by atoms with Gasteiger partial charge in [0.25, 0.3) is 0 Å². The maximum Gasteiger partial charge on any atom is 0.313 e. The monoisotopic (exact) mass is 345 g/mol. The molecule has 0 spiro atoms. The van der Waals surface area contributed by atoms with Crippen LogP contribution in [0.25, 0.3) is 10.2 Å². The molecule has 0 aliphatic rings. The Hall–Kier alpha value is -2.54. The van der Waals surface area contributed by atoms with E-state index < -0.39 is 5.97 Å². The van der Waals surface area contributed by atoms with E-state index in [4.69, 9.17) is 0 Å². The number of hydrogen-bond donors (Lipinski definition) is 1. The highest BCUT2D eigenvalue weighted by atomic mass is 32.1. The van der Waals surface area contributed by atoms with Crippen molar-refractivity contribution in [3.8, 4) is 0 Å². The SMILES string of the molecule is COC(=O)Cc1nc(Nc2ccccc2F)c2c(C)c(C)sc2n1. The van der Waals surface area contributed by atoms with Gasteiger partial charge in [-0.25, -0.2) is 14.4 Å². The van der Waals surface area contributed by atoms with E-state index in [1.165, 1.54) is 24.5 Å². The van der Waals surface area contributed by atoms with Crippen LogP contribution >= 0.6 is 11.3 Å². The topological polar surface area (TPSA) is 64.1 Å². The number of para-hydroxylation sites is 1. The Labute approximate surface area is 142 Å². The van der Waals surface area contributed by atoms with Crippen molar-refractivity contribution in [3.05, 3.63) is 46.3 Å². The van der Waals surface area contributed by atoms with Crippen molar-refractivity contribution in [2.45, 2.75) is 20.3 Å². The van der Waals surface area contributed by atoms with Gasteiger partial charge in [-0.15, -0.1) is 11.3 Å². The van der Waals surface area contributed by atoms with Crippen LogP contribution in [0.3, 0.4) is 0 Å². The van der Waals surface area contributed by atoms with E-state index >= 15 is 0 Å². The predicted molar refractivity (Wildman–Crippen MR) is 92.3 cm³/mol. The molecule has 0 unspecified atom stereocenters. The van der Waals surface area contributed by atoms with Crippen molar-refractivity contribution in [3.63, 3.8) is 0 Å². The minimum absolute atomic E-state index is 0.0333. The number of thiophene rings is 1. The summed E-state index contributed by atoms with van der Waals surface area (Å²) >= 11 is 1.52. The number of benzene rings is 1. The molecule has 0 aliphatic heterocycles. The molecule has 3 rings (SSSR count). The lowest BCUT2D eigenvalue weighted by Gasteiger charge is -2.10. The molecule has 0 saturated heterocycles. The molecule has 0 aliphatic carbocycles. The maximum atomic E-state index is 14.0. The van der Waals surface area contributed by atoms with Crippen LogP contribution in [0.5, 0.6) is 0 Å². The van der Waals surface area contributed by atoms with Gasteiger partial charge in [-0.05, 0) is 31.5 Å². The number of carbonyl (C=O) groups is 1. The molecule has 3 aromatic rings. The predicted octanol–water partition coefficient (Wildman–Crippen LogP) is 3.91. The fraction of sp³-hybridized carbons (Fsp3) is 0.235. The smallest absolute Gasteiger partial charge is 0.313 e. The van der Waals surface area contributed by atoms with Crippen LogP contribution in [0.2, 0.25) is 0 Å². The number of aryl methyl sites for hydroxylation is 2. The standard InChI is InChI=1S/C17H16FN3O2S/c1-9-10(2)24-17-15(9)16(19-12-7-5-4-6-11(12)18)20-13(21-17)8-14(22)23-3/h4-7H,8H2,1-3H3,(H,19,20,21). The fourth-order valence-electron chi connectivity index (χ4n) is 2.35. The van der Waals surface area contributed by atoms with Crippen molar-refractivity contribution in [1.82, 2.24) is 9.97 Å². The summed E-state index contributed by atoms with van der Waals surface area (Å²) in [6.45, 7) is 3.97. The molecule has 0 atom stereocenters. The van der Waals surface area contributed by atoms with Crippen molar-refractivity contribution >= 4 is 39.0 Å². The van der Waals surface area contributed by atoms with E-state index in [1.54, 1.807) is 18.2 Å². The summed E-state index contributed by atoms with van der Waals surface area (Å²) in [5.41, 5.74) is 1.36. The van der Waals surface area contributed by atoms with Gasteiger partial charge in [0.1, 0.15) is 28.7 Å². The maximum absolute atomic E-state index is 14.0. The van der Waals surface area contributed by atoms with Crippen LogP contribution in [0.1, 0.15) is 16.3 Å². The lowest BCUT2D eigenvalue weighted by atomic mass is 10.2. The van der Waals surface area contributed by atoms with Gasteiger partial charge in [0.15, 0.2) is 0 Å². The summed E-state index contributed by atoms with van der Waals surface area (Å²) in [7, 11) is 1.32. The zero-order valence-corrected chi connectivity index (χ0v) is 14.3. The molecule has 5 nitrogen and oxygen atoms in total. The minimum Gasteiger partial charge on any atom is -0.469 e. The molecule has 0 amide bonds. The first-order valence-electron chi connectivity index (χ1n) is 7.34. The van der Waals surface area contributed by atoms with Gasteiger partial charge in [0.2, 0.25) is 0 Å². The lowest BCUT2D eigenvalue weighted by molar-refractivity contribution is -0.139. The number of ether oxygens (including phenoxy) is 1. The van der Waals surface area contributed by atoms with Crippen molar-refractivity contribution < 1.29 is 13.9 Å². The first-order valence-corrected chi connectivity index (χ1v) is 8.16. The van der Waals surface area contributed by atoms with Gasteiger partial charge in [-0.2, -0.15) is 0 Å². The van der Waals surface area contributed by atoms with Crippen molar-refractivity contribution in [2.75, 3.05) is 12.4 Å². The highest BCUT2D eigenvalue weighted by Gasteiger charge is 2.17. The third-order valence-electron chi connectivity index (χ3n) is 3.73. The Morgan fingerprint density at radius 2 is 2.04 bits per heavy atom. The van der Waals surface area contributed by atoms with Crippen LogP contribution < -0.4 is 5.32 Å². The molecule has 7 heteroatoms. The van der Waals surface area contributed by atoms with Gasteiger partial charge >= 0.3 is 5.97 Å². The lowest BCUT2D eigenvalue weighted by Crippen LogP contribution is -2.09. The van der Waals surface area contributed by atoms with Crippen molar-refractivity contribution in [1.29, 1.82) is 0 Å². The molecule has 0 bridgehead atoms. The first kappa shape index (κ1) is 16.3. The molecule has 0 saturated carbocycles. The van der Waals surface area contributed by atoms with E-state index in [0.29, 0.717) is 17.3 Å². The number of aromatic nitrogens is 2. The molecule has 1 aromatic carbocycles. The number of carbonyl (C=O) groups excluding carboxylic acids is 1. The quantitative estimate of drug-likeness (QED) is 0.727. The average molecular weight is 345 g/mol. The number of methoxy groups -OCH3 is 1. The normalized spacial score (nSPS) is 10.8. The van der Waals surface area contributed by atoms with E-state index in [2.05, 4.69) is 20.0 Å². The van der Waals surface area contributed by atoms with E-state index in [9.17, 15) is 9.18 Å². The largest absolute Gasteiger partial charge is 0.469 e. The van der Waals surface area contributed by atoms with Gasteiger partial charge in [-0.3, -0.25) is 4.79 Å². The highest BCUT2D eigenvalue weighted by molar-refractivity contribution is 7.18. The summed E-state index contributed by atoms with van der Waals surface area (Å²) in [4.78, 5) is 22.3. The van der Waals surface area contributed by atoms with Crippen LogP contribution in [0.4, 0.5) is 15.9 Å².